The summed E-state index contributed by atoms with van der Waals surface area (Å²) in [6, 6.07) is 14.5. The number of fused-ring (bicyclic) bond motifs is 1. The average molecular weight is 505 g/mol. The summed E-state index contributed by atoms with van der Waals surface area (Å²) >= 11 is 8.32. The molecule has 0 saturated carbocycles. The minimum atomic E-state index is -0.573. The van der Waals surface area contributed by atoms with Crippen LogP contribution in [0.25, 0.3) is 10.2 Å². The number of anilines is 3. The van der Waals surface area contributed by atoms with Gasteiger partial charge in [-0.3, -0.25) is 4.79 Å². The van der Waals surface area contributed by atoms with Crippen molar-refractivity contribution in [1.82, 2.24) is 4.98 Å². The van der Waals surface area contributed by atoms with E-state index in [1.165, 1.54) is 47.4 Å². The molecule has 0 fully saturated rings. The van der Waals surface area contributed by atoms with E-state index in [2.05, 4.69) is 20.9 Å². The highest BCUT2D eigenvalue weighted by Gasteiger charge is 2.11. The van der Waals surface area contributed by atoms with Gasteiger partial charge in [0.2, 0.25) is 5.91 Å². The van der Waals surface area contributed by atoms with Crippen LogP contribution in [0, 0.1) is 11.6 Å². The second kappa shape index (κ2) is 10.2. The maximum Gasteiger partial charge on any atom is 0.323 e. The minimum absolute atomic E-state index is 0.0713. The highest BCUT2D eigenvalue weighted by Crippen LogP contribution is 2.31. The number of carbonyl (C=O) groups excluding carboxylic acids is 2. The quantitative estimate of drug-likeness (QED) is 0.258. The zero-order chi connectivity index (χ0) is 23.4. The zero-order valence-electron chi connectivity index (χ0n) is 16.7. The van der Waals surface area contributed by atoms with Crippen molar-refractivity contribution in [3.63, 3.8) is 0 Å². The van der Waals surface area contributed by atoms with E-state index in [1.54, 1.807) is 30.3 Å². The van der Waals surface area contributed by atoms with Gasteiger partial charge in [-0.05, 0) is 48.5 Å². The molecule has 168 valence electrons. The number of rotatable bonds is 6. The number of thiazole rings is 1. The Bertz CT molecular complexity index is 1350. The zero-order valence-corrected chi connectivity index (χ0v) is 19.1. The standard InChI is InChI=1S/C22H15ClF2N4O2S2/c23-14-9-12(5-7-15(14)24)26-21(31)27-13-6-8-18-19(10-13)33-22(29-18)32-11-20(30)28-17-4-2-1-3-16(17)25/h1-10H,11H2,(H,28,30)(H2,26,27,31). The lowest BCUT2D eigenvalue weighted by atomic mass is 10.3. The topological polar surface area (TPSA) is 83.1 Å². The van der Waals surface area contributed by atoms with Gasteiger partial charge >= 0.3 is 6.03 Å². The Labute approximate surface area is 200 Å². The van der Waals surface area contributed by atoms with Gasteiger partial charge in [0.1, 0.15) is 11.6 Å². The SMILES string of the molecule is O=C(CSc1nc2ccc(NC(=O)Nc3ccc(F)c(Cl)c3)cc2s1)Nc1ccccc1F. The van der Waals surface area contributed by atoms with Crippen LogP contribution in [0.3, 0.4) is 0 Å². The molecule has 4 aromatic rings. The molecule has 6 nitrogen and oxygen atoms in total. The lowest BCUT2D eigenvalue weighted by molar-refractivity contribution is -0.113. The Morgan fingerprint density at radius 2 is 1.67 bits per heavy atom. The fourth-order valence-corrected chi connectivity index (χ4v) is 4.87. The third kappa shape index (κ3) is 5.98. The number of nitrogens with zero attached hydrogens (tertiary/aromatic N) is 1. The van der Waals surface area contributed by atoms with Crippen molar-refractivity contribution in [2.75, 3.05) is 21.7 Å². The van der Waals surface area contributed by atoms with Crippen LogP contribution in [-0.2, 0) is 4.79 Å². The molecular formula is C22H15ClF2N4O2S2. The van der Waals surface area contributed by atoms with Gasteiger partial charge in [0, 0.05) is 11.4 Å². The molecule has 3 amide bonds. The maximum atomic E-state index is 13.6. The van der Waals surface area contributed by atoms with Gasteiger partial charge in [-0.1, -0.05) is 35.5 Å². The van der Waals surface area contributed by atoms with Gasteiger partial charge < -0.3 is 16.0 Å². The van der Waals surface area contributed by atoms with Crippen LogP contribution >= 0.6 is 34.7 Å². The second-order valence-electron chi connectivity index (χ2n) is 6.69. The Balaban J connectivity index is 1.35. The number of hydrogen-bond acceptors (Lipinski definition) is 5. The minimum Gasteiger partial charge on any atom is -0.323 e. The summed E-state index contributed by atoms with van der Waals surface area (Å²) < 4.78 is 28.4. The van der Waals surface area contributed by atoms with Crippen molar-refractivity contribution in [2.24, 2.45) is 0 Å². The molecule has 0 radical (unpaired) electrons. The van der Waals surface area contributed by atoms with Crippen LogP contribution in [0.15, 0.2) is 65.0 Å². The van der Waals surface area contributed by atoms with Crippen molar-refractivity contribution in [1.29, 1.82) is 0 Å². The Hall–Kier alpha value is -3.21. The molecule has 3 aromatic carbocycles. The first kappa shape index (κ1) is 23.0. The molecule has 3 N–H and O–H groups in total. The summed E-state index contributed by atoms with van der Waals surface area (Å²) in [6.45, 7) is 0. The summed E-state index contributed by atoms with van der Waals surface area (Å²) in [5, 5.41) is 7.71. The first-order valence-electron chi connectivity index (χ1n) is 9.48. The van der Waals surface area contributed by atoms with Gasteiger partial charge in [-0.15, -0.1) is 11.3 Å². The Morgan fingerprint density at radius 1 is 0.939 bits per heavy atom. The molecule has 33 heavy (non-hydrogen) atoms. The number of nitrogens with one attached hydrogen (secondary N) is 3. The first-order valence-corrected chi connectivity index (χ1v) is 11.7. The number of para-hydroxylation sites is 1. The molecule has 0 atom stereocenters. The lowest BCUT2D eigenvalue weighted by Gasteiger charge is -2.08. The summed E-state index contributed by atoms with van der Waals surface area (Å²) in [5.41, 5.74) is 1.73. The van der Waals surface area contributed by atoms with E-state index in [1.807, 2.05) is 0 Å². The van der Waals surface area contributed by atoms with Gasteiger partial charge in [0.15, 0.2) is 4.34 Å². The molecule has 0 aliphatic carbocycles. The molecule has 0 aliphatic heterocycles. The number of benzene rings is 3. The van der Waals surface area contributed by atoms with Crippen molar-refractivity contribution < 1.29 is 18.4 Å². The number of halogens is 3. The third-order valence-corrected chi connectivity index (χ3v) is 6.73. The first-order chi connectivity index (χ1) is 15.9. The van der Waals surface area contributed by atoms with Crippen molar-refractivity contribution in [2.45, 2.75) is 4.34 Å². The lowest BCUT2D eigenvalue weighted by Crippen LogP contribution is -2.19. The predicted molar refractivity (Wildman–Crippen MR) is 129 cm³/mol. The normalized spacial score (nSPS) is 10.8. The van der Waals surface area contributed by atoms with Crippen LogP contribution in [0.1, 0.15) is 0 Å². The van der Waals surface area contributed by atoms with E-state index < -0.39 is 17.7 Å². The van der Waals surface area contributed by atoms with Crippen molar-refractivity contribution in [3.05, 3.63) is 77.3 Å². The van der Waals surface area contributed by atoms with E-state index in [4.69, 9.17) is 11.6 Å². The highest BCUT2D eigenvalue weighted by atomic mass is 35.5. The fourth-order valence-electron chi connectivity index (χ4n) is 2.79. The molecule has 1 aromatic heterocycles. The molecular weight excluding hydrogens is 490 g/mol. The van der Waals surface area contributed by atoms with Crippen LogP contribution in [0.2, 0.25) is 5.02 Å². The third-order valence-electron chi connectivity index (χ3n) is 4.28. The van der Waals surface area contributed by atoms with Gasteiger partial charge in [0.05, 0.1) is 26.7 Å². The van der Waals surface area contributed by atoms with E-state index in [0.717, 1.165) is 10.8 Å². The van der Waals surface area contributed by atoms with Crippen LogP contribution in [-0.4, -0.2) is 22.7 Å². The summed E-state index contributed by atoms with van der Waals surface area (Å²) in [6.07, 6.45) is 0. The van der Waals surface area contributed by atoms with E-state index in [-0.39, 0.29) is 22.4 Å². The van der Waals surface area contributed by atoms with E-state index in [9.17, 15) is 18.4 Å². The second-order valence-corrected chi connectivity index (χ2v) is 9.35. The molecule has 0 bridgehead atoms. The summed E-state index contributed by atoms with van der Waals surface area (Å²) in [5.74, 6) is -1.34. The molecule has 0 aliphatic rings. The largest absolute Gasteiger partial charge is 0.323 e. The molecule has 0 saturated heterocycles. The van der Waals surface area contributed by atoms with Crippen molar-refractivity contribution >= 4 is 73.9 Å². The molecule has 4 rings (SSSR count). The van der Waals surface area contributed by atoms with Gasteiger partial charge in [0.25, 0.3) is 0 Å². The highest BCUT2D eigenvalue weighted by molar-refractivity contribution is 8.01. The fraction of sp³-hybridized carbons (Fsp3) is 0.0455. The molecule has 11 heteroatoms. The molecule has 1 heterocycles. The van der Waals surface area contributed by atoms with Gasteiger partial charge in [-0.25, -0.2) is 18.6 Å². The average Bonchev–Trinajstić information content (AvgIpc) is 3.19. The predicted octanol–water partition coefficient (Wildman–Crippen LogP) is 6.60. The summed E-state index contributed by atoms with van der Waals surface area (Å²) in [7, 11) is 0. The maximum absolute atomic E-state index is 13.6. The number of thioether (sulfide) groups is 1. The number of hydrogen-bond donors (Lipinski definition) is 3. The van der Waals surface area contributed by atoms with E-state index in [0.29, 0.717) is 21.2 Å². The number of carbonyl (C=O) groups is 2. The van der Waals surface area contributed by atoms with Gasteiger partial charge in [-0.2, -0.15) is 0 Å². The van der Waals surface area contributed by atoms with Crippen LogP contribution in [0.4, 0.5) is 30.6 Å². The Kier molecular flexibility index (Phi) is 7.07. The van der Waals surface area contributed by atoms with E-state index >= 15 is 0 Å². The molecule has 0 unspecified atom stereocenters. The van der Waals surface area contributed by atoms with Crippen LogP contribution < -0.4 is 16.0 Å². The van der Waals surface area contributed by atoms with Crippen LogP contribution in [0.5, 0.6) is 0 Å². The van der Waals surface area contributed by atoms with Crippen molar-refractivity contribution in [3.8, 4) is 0 Å². The monoisotopic (exact) mass is 504 g/mol. The summed E-state index contributed by atoms with van der Waals surface area (Å²) in [4.78, 5) is 28.8. The number of amides is 3. The molecule has 0 spiro atoms. The smallest absolute Gasteiger partial charge is 0.323 e. The Morgan fingerprint density at radius 3 is 2.42 bits per heavy atom. The number of urea groups is 1. The number of aromatic nitrogens is 1.